The van der Waals surface area contributed by atoms with Crippen LogP contribution < -0.4 is 5.32 Å². The molecule has 1 N–H and O–H groups in total. The van der Waals surface area contributed by atoms with Crippen molar-refractivity contribution in [1.29, 1.82) is 0 Å². The van der Waals surface area contributed by atoms with Gasteiger partial charge in [-0.1, -0.05) is 6.07 Å². The number of hydrogen-bond acceptors (Lipinski definition) is 3. The maximum atomic E-state index is 13.2. The molecule has 2 rings (SSSR count). The van der Waals surface area contributed by atoms with Crippen LogP contribution in [0.1, 0.15) is 18.4 Å². The summed E-state index contributed by atoms with van der Waals surface area (Å²) in [4.78, 5) is 12.2. The van der Waals surface area contributed by atoms with Gasteiger partial charge >= 0.3 is 0 Å². The number of aryl methyl sites for hydroxylation is 1. The largest absolute Gasteiger partial charge is 0.326 e. The van der Waals surface area contributed by atoms with Crippen molar-refractivity contribution in [2.24, 2.45) is 5.92 Å². The molecule has 1 aromatic carbocycles. The molecule has 1 fully saturated rings. The molecule has 0 aromatic heterocycles. The SMILES string of the molecule is Cc1ccc(F)cc1NC(=O)C1CCN(S(C)(=O)=O)CC1. The molecule has 5 nitrogen and oxygen atoms in total. The smallest absolute Gasteiger partial charge is 0.227 e. The first-order chi connectivity index (χ1) is 9.77. The normalized spacial score (nSPS) is 17.7. The first kappa shape index (κ1) is 15.9. The standard InChI is InChI=1S/C14H19FN2O3S/c1-10-3-4-12(15)9-13(10)16-14(18)11-5-7-17(8-6-11)21(2,19)20/h3-4,9,11H,5-8H2,1-2H3,(H,16,18). The van der Waals surface area contributed by atoms with Crippen LogP contribution in [0.25, 0.3) is 0 Å². The molecule has 116 valence electrons. The molecule has 0 radical (unpaired) electrons. The average Bonchev–Trinajstić information content (AvgIpc) is 2.42. The zero-order valence-electron chi connectivity index (χ0n) is 12.1. The number of amides is 1. The summed E-state index contributed by atoms with van der Waals surface area (Å²) < 4.78 is 37.4. The zero-order valence-corrected chi connectivity index (χ0v) is 12.9. The summed E-state index contributed by atoms with van der Waals surface area (Å²) in [6.07, 6.45) is 2.13. The lowest BCUT2D eigenvalue weighted by Gasteiger charge is -2.29. The lowest BCUT2D eigenvalue weighted by molar-refractivity contribution is -0.120. The van der Waals surface area contributed by atoms with E-state index < -0.39 is 15.8 Å². The molecule has 1 aliphatic rings. The molecular weight excluding hydrogens is 295 g/mol. The van der Waals surface area contributed by atoms with Crippen LogP contribution in [0.2, 0.25) is 0 Å². The lowest BCUT2D eigenvalue weighted by Crippen LogP contribution is -2.40. The Morgan fingerprint density at radius 3 is 2.52 bits per heavy atom. The molecule has 21 heavy (non-hydrogen) atoms. The minimum atomic E-state index is -3.19. The summed E-state index contributed by atoms with van der Waals surface area (Å²) in [5.41, 5.74) is 1.25. The van der Waals surface area contributed by atoms with Gasteiger partial charge in [-0.2, -0.15) is 0 Å². The fourth-order valence-electron chi connectivity index (χ4n) is 2.41. The van der Waals surface area contributed by atoms with Crippen molar-refractivity contribution in [2.75, 3.05) is 24.7 Å². The number of benzene rings is 1. The van der Waals surface area contributed by atoms with Crippen LogP contribution in [-0.2, 0) is 14.8 Å². The highest BCUT2D eigenvalue weighted by Gasteiger charge is 2.29. The highest BCUT2D eigenvalue weighted by atomic mass is 32.2. The first-order valence-corrected chi connectivity index (χ1v) is 8.64. The number of anilines is 1. The Morgan fingerprint density at radius 2 is 1.95 bits per heavy atom. The number of carbonyl (C=O) groups is 1. The Hall–Kier alpha value is -1.47. The molecule has 0 unspecified atom stereocenters. The van der Waals surface area contributed by atoms with Gasteiger partial charge in [-0.3, -0.25) is 4.79 Å². The van der Waals surface area contributed by atoms with Crippen LogP contribution in [0.4, 0.5) is 10.1 Å². The van der Waals surface area contributed by atoms with Crippen LogP contribution in [0.15, 0.2) is 18.2 Å². The molecule has 1 heterocycles. The van der Waals surface area contributed by atoms with Crippen molar-refractivity contribution < 1.29 is 17.6 Å². The minimum Gasteiger partial charge on any atom is -0.326 e. The van der Waals surface area contributed by atoms with Gasteiger partial charge in [0.15, 0.2) is 0 Å². The van der Waals surface area contributed by atoms with E-state index in [1.165, 1.54) is 22.7 Å². The Bertz CT molecular complexity index is 638. The fourth-order valence-corrected chi connectivity index (χ4v) is 3.29. The van der Waals surface area contributed by atoms with Crippen LogP contribution in [-0.4, -0.2) is 38.0 Å². The minimum absolute atomic E-state index is 0.183. The van der Waals surface area contributed by atoms with Crippen LogP contribution in [0.5, 0.6) is 0 Å². The molecule has 0 spiro atoms. The second-order valence-electron chi connectivity index (χ2n) is 5.38. The van der Waals surface area contributed by atoms with E-state index in [2.05, 4.69) is 5.32 Å². The van der Waals surface area contributed by atoms with Crippen molar-refractivity contribution in [3.63, 3.8) is 0 Å². The maximum Gasteiger partial charge on any atom is 0.227 e. The number of rotatable bonds is 3. The Labute approximate surface area is 124 Å². The van der Waals surface area contributed by atoms with Crippen LogP contribution in [0, 0.1) is 18.7 Å². The molecule has 1 aromatic rings. The Kier molecular flexibility index (Phi) is 4.63. The van der Waals surface area contributed by atoms with Crippen molar-refractivity contribution in [3.8, 4) is 0 Å². The van der Waals surface area contributed by atoms with E-state index in [9.17, 15) is 17.6 Å². The van der Waals surface area contributed by atoms with Gasteiger partial charge in [0.1, 0.15) is 5.82 Å². The number of halogens is 1. The summed E-state index contributed by atoms with van der Waals surface area (Å²) in [7, 11) is -3.19. The van der Waals surface area contributed by atoms with E-state index in [0.717, 1.165) is 5.56 Å². The van der Waals surface area contributed by atoms with E-state index in [1.54, 1.807) is 13.0 Å². The predicted octanol–water partition coefficient (Wildman–Crippen LogP) is 1.74. The van der Waals surface area contributed by atoms with Gasteiger partial charge < -0.3 is 5.32 Å². The molecule has 1 saturated heterocycles. The van der Waals surface area contributed by atoms with Gasteiger partial charge in [0.25, 0.3) is 0 Å². The van der Waals surface area contributed by atoms with E-state index in [0.29, 0.717) is 31.6 Å². The predicted molar refractivity (Wildman–Crippen MR) is 78.9 cm³/mol. The van der Waals surface area contributed by atoms with E-state index in [1.807, 2.05) is 0 Å². The number of nitrogens with zero attached hydrogens (tertiary/aromatic N) is 1. The molecule has 1 amide bonds. The second kappa shape index (κ2) is 6.11. The summed E-state index contributed by atoms with van der Waals surface area (Å²) in [5.74, 6) is -0.828. The topological polar surface area (TPSA) is 66.5 Å². The van der Waals surface area contributed by atoms with Gasteiger partial charge in [0.2, 0.25) is 15.9 Å². The van der Waals surface area contributed by atoms with Gasteiger partial charge in [-0.05, 0) is 37.5 Å². The average molecular weight is 314 g/mol. The molecule has 0 bridgehead atoms. The lowest BCUT2D eigenvalue weighted by atomic mass is 9.97. The van der Waals surface area contributed by atoms with Gasteiger partial charge in [0, 0.05) is 24.7 Å². The zero-order chi connectivity index (χ0) is 15.6. The molecule has 0 aliphatic carbocycles. The summed E-state index contributed by atoms with van der Waals surface area (Å²) in [6, 6.07) is 4.24. The van der Waals surface area contributed by atoms with Gasteiger partial charge in [0.05, 0.1) is 6.26 Å². The summed E-state index contributed by atoms with van der Waals surface area (Å²) in [5, 5.41) is 2.73. The molecule has 1 aliphatic heterocycles. The van der Waals surface area contributed by atoms with Crippen molar-refractivity contribution in [2.45, 2.75) is 19.8 Å². The van der Waals surface area contributed by atoms with E-state index in [-0.39, 0.29) is 11.8 Å². The maximum absolute atomic E-state index is 13.2. The molecule has 0 atom stereocenters. The van der Waals surface area contributed by atoms with Gasteiger partial charge in [-0.15, -0.1) is 0 Å². The highest BCUT2D eigenvalue weighted by Crippen LogP contribution is 2.22. The van der Waals surface area contributed by atoms with Crippen molar-refractivity contribution in [1.82, 2.24) is 4.31 Å². The van der Waals surface area contributed by atoms with Crippen LogP contribution >= 0.6 is 0 Å². The monoisotopic (exact) mass is 314 g/mol. The number of sulfonamides is 1. The molecule has 0 saturated carbocycles. The molecule has 7 heteroatoms. The second-order valence-corrected chi connectivity index (χ2v) is 7.37. The third kappa shape index (κ3) is 4.01. The third-order valence-corrected chi connectivity index (χ3v) is 5.05. The van der Waals surface area contributed by atoms with Crippen molar-refractivity contribution in [3.05, 3.63) is 29.6 Å². The Balaban J connectivity index is 1.98. The number of piperidine rings is 1. The summed E-state index contributed by atoms with van der Waals surface area (Å²) >= 11 is 0. The quantitative estimate of drug-likeness (QED) is 0.924. The fraction of sp³-hybridized carbons (Fsp3) is 0.500. The van der Waals surface area contributed by atoms with E-state index in [4.69, 9.17) is 0 Å². The number of carbonyl (C=O) groups excluding carboxylic acids is 1. The van der Waals surface area contributed by atoms with E-state index >= 15 is 0 Å². The molecular formula is C14H19FN2O3S. The van der Waals surface area contributed by atoms with Crippen molar-refractivity contribution >= 4 is 21.6 Å². The third-order valence-electron chi connectivity index (χ3n) is 3.75. The van der Waals surface area contributed by atoms with Crippen LogP contribution in [0.3, 0.4) is 0 Å². The number of hydrogen-bond donors (Lipinski definition) is 1. The Morgan fingerprint density at radius 1 is 1.33 bits per heavy atom. The summed E-state index contributed by atoms with van der Waals surface area (Å²) in [6.45, 7) is 2.49. The highest BCUT2D eigenvalue weighted by molar-refractivity contribution is 7.88. The van der Waals surface area contributed by atoms with Gasteiger partial charge in [-0.25, -0.2) is 17.1 Å². The first-order valence-electron chi connectivity index (χ1n) is 6.79. The number of nitrogens with one attached hydrogen (secondary N) is 1.